The van der Waals surface area contributed by atoms with Crippen LogP contribution in [0.25, 0.3) is 0 Å². The molecule has 0 spiro atoms. The molecular weight excluding hydrogens is 324 g/mol. The first-order valence-corrected chi connectivity index (χ1v) is 4.27. The van der Waals surface area contributed by atoms with E-state index in [0.29, 0.717) is 0 Å². The Bertz CT molecular complexity index is 441. The van der Waals surface area contributed by atoms with Gasteiger partial charge in [-0.1, -0.05) is 0 Å². The summed E-state index contributed by atoms with van der Waals surface area (Å²) in [6.07, 6.45) is -24.7. The number of allylic oxidation sites excluding steroid dienone is 3. The first-order chi connectivity index (χ1) is 8.60. The van der Waals surface area contributed by atoms with Gasteiger partial charge in [0.05, 0.1) is 5.57 Å². The molecule has 0 unspecified atom stereocenters. The molecule has 116 valence electrons. The van der Waals surface area contributed by atoms with E-state index < -0.39 is 47.0 Å². The molecule has 0 amide bonds. The first kappa shape index (κ1) is 16.7. The average molecular weight is 324 g/mol. The van der Waals surface area contributed by atoms with Gasteiger partial charge in [0.1, 0.15) is 5.83 Å². The van der Waals surface area contributed by atoms with E-state index in [2.05, 4.69) is 0 Å². The van der Waals surface area contributed by atoms with Crippen molar-refractivity contribution in [1.29, 1.82) is 0 Å². The molecule has 1 aliphatic rings. The fraction of sp³-hybridized carbons (Fsp3) is 0.500. The fourth-order valence-corrected chi connectivity index (χ4v) is 1.60. The lowest BCUT2D eigenvalue weighted by Gasteiger charge is -2.36. The molecule has 1 aliphatic carbocycles. The summed E-state index contributed by atoms with van der Waals surface area (Å²) < 4.78 is 148. The zero-order valence-corrected chi connectivity index (χ0v) is 8.54. The summed E-state index contributed by atoms with van der Waals surface area (Å²) in [4.78, 5) is 0. The van der Waals surface area contributed by atoms with Crippen molar-refractivity contribution in [3.05, 3.63) is 23.1 Å². The third-order valence-electron chi connectivity index (χ3n) is 2.47. The van der Waals surface area contributed by atoms with Crippen LogP contribution in [0.5, 0.6) is 0 Å². The Kier molecular flexibility index (Phi) is 3.40. The zero-order chi connectivity index (χ0) is 16.3. The Balaban J connectivity index is 3.75. The molecular formula is C8F12. The van der Waals surface area contributed by atoms with E-state index in [1.54, 1.807) is 0 Å². The minimum Gasteiger partial charge on any atom is -0.206 e. The highest BCUT2D eigenvalue weighted by Gasteiger charge is 2.88. The molecule has 0 bridgehead atoms. The van der Waals surface area contributed by atoms with Gasteiger partial charge >= 0.3 is 18.5 Å². The molecule has 0 aliphatic heterocycles. The maximum atomic E-state index is 12.6. The second-order valence-electron chi connectivity index (χ2n) is 3.57. The van der Waals surface area contributed by atoms with Gasteiger partial charge in [-0.15, -0.1) is 0 Å². The van der Waals surface area contributed by atoms with Crippen molar-refractivity contribution in [3.8, 4) is 0 Å². The zero-order valence-electron chi connectivity index (χ0n) is 8.54. The van der Waals surface area contributed by atoms with Crippen LogP contribution in [0, 0.1) is 5.41 Å². The maximum absolute atomic E-state index is 12.6. The van der Waals surface area contributed by atoms with Gasteiger partial charge in [0.25, 0.3) is 11.5 Å². The molecule has 0 fully saturated rings. The van der Waals surface area contributed by atoms with E-state index in [1.165, 1.54) is 0 Å². The second-order valence-corrected chi connectivity index (χ2v) is 3.57. The lowest BCUT2D eigenvalue weighted by atomic mass is 9.81. The maximum Gasteiger partial charge on any atom is 0.416 e. The van der Waals surface area contributed by atoms with Crippen molar-refractivity contribution in [2.45, 2.75) is 18.5 Å². The van der Waals surface area contributed by atoms with Gasteiger partial charge in [0.2, 0.25) is 0 Å². The Morgan fingerprint density at radius 1 is 0.650 bits per heavy atom. The molecule has 0 aromatic carbocycles. The standard InChI is InChI=1S/C8F12/c9-3-1(4(10)11)2(3)5(6(12,13)14,7(15,16)17)8(18,19)20. The highest BCUT2D eigenvalue weighted by molar-refractivity contribution is 5.68. The minimum absolute atomic E-state index is 2.60. The first-order valence-electron chi connectivity index (χ1n) is 4.27. The molecule has 12 heteroatoms. The number of rotatable bonds is 1. The van der Waals surface area contributed by atoms with Gasteiger partial charge in [-0.25, -0.2) is 4.39 Å². The monoisotopic (exact) mass is 324 g/mol. The van der Waals surface area contributed by atoms with Gasteiger partial charge in [-0.2, -0.15) is 48.3 Å². The summed E-state index contributed by atoms with van der Waals surface area (Å²) in [5, 5.41) is 0. The van der Waals surface area contributed by atoms with Crippen molar-refractivity contribution in [1.82, 2.24) is 0 Å². The minimum atomic E-state index is -7.10. The van der Waals surface area contributed by atoms with E-state index >= 15 is 0 Å². The van der Waals surface area contributed by atoms with Gasteiger partial charge in [-0.05, 0) is 0 Å². The Morgan fingerprint density at radius 2 is 0.950 bits per heavy atom. The van der Waals surface area contributed by atoms with Crippen molar-refractivity contribution in [3.63, 3.8) is 0 Å². The summed E-state index contributed by atoms with van der Waals surface area (Å²) in [6.45, 7) is 0. The van der Waals surface area contributed by atoms with E-state index in [0.717, 1.165) is 0 Å². The topological polar surface area (TPSA) is 0 Å². The van der Waals surface area contributed by atoms with Crippen molar-refractivity contribution in [2.75, 3.05) is 0 Å². The van der Waals surface area contributed by atoms with E-state index in [4.69, 9.17) is 0 Å². The summed E-state index contributed by atoms with van der Waals surface area (Å²) in [5.41, 5.74) is -12.4. The predicted octanol–water partition coefficient (Wildman–Crippen LogP) is 5.05. The highest BCUT2D eigenvalue weighted by atomic mass is 19.4. The van der Waals surface area contributed by atoms with Crippen molar-refractivity contribution in [2.24, 2.45) is 5.41 Å². The second kappa shape index (κ2) is 4.07. The summed E-state index contributed by atoms with van der Waals surface area (Å²) in [6, 6.07) is 0. The summed E-state index contributed by atoms with van der Waals surface area (Å²) in [7, 11) is 0. The van der Waals surface area contributed by atoms with Gasteiger partial charge < -0.3 is 0 Å². The van der Waals surface area contributed by atoms with Crippen molar-refractivity contribution < 1.29 is 52.7 Å². The van der Waals surface area contributed by atoms with Crippen LogP contribution in [0.4, 0.5) is 52.7 Å². The number of hydrogen-bond acceptors (Lipinski definition) is 0. The molecule has 0 N–H and O–H groups in total. The molecule has 0 nitrogen and oxygen atoms in total. The summed E-state index contributed by atoms with van der Waals surface area (Å²) >= 11 is 0. The molecule has 0 heterocycles. The van der Waals surface area contributed by atoms with Gasteiger partial charge in [-0.3, -0.25) is 0 Å². The summed E-state index contributed by atoms with van der Waals surface area (Å²) in [5.74, 6) is -2.86. The average Bonchev–Trinajstić information content (AvgIpc) is 2.69. The van der Waals surface area contributed by atoms with E-state index in [9.17, 15) is 52.7 Å². The molecule has 0 radical (unpaired) electrons. The van der Waals surface area contributed by atoms with Gasteiger partial charge in [0, 0.05) is 5.57 Å². The normalized spacial score (nSPS) is 17.7. The van der Waals surface area contributed by atoms with Crippen LogP contribution in [-0.2, 0) is 0 Å². The Morgan fingerprint density at radius 3 is 1.10 bits per heavy atom. The third kappa shape index (κ3) is 1.95. The molecule has 20 heavy (non-hydrogen) atoms. The van der Waals surface area contributed by atoms with Crippen LogP contribution in [0.1, 0.15) is 0 Å². The van der Waals surface area contributed by atoms with Crippen LogP contribution >= 0.6 is 0 Å². The van der Waals surface area contributed by atoms with Crippen LogP contribution < -0.4 is 0 Å². The van der Waals surface area contributed by atoms with Crippen LogP contribution in [-0.4, -0.2) is 18.5 Å². The number of alkyl halides is 9. The third-order valence-corrected chi connectivity index (χ3v) is 2.47. The molecule has 0 aromatic heterocycles. The largest absolute Gasteiger partial charge is 0.416 e. The SMILES string of the molecule is FC(F)=C1C(F)=C1C(C(F)(F)F)(C(F)(F)F)C(F)(F)F. The smallest absolute Gasteiger partial charge is 0.206 e. The Labute approximate surface area is 101 Å². The molecule has 1 rings (SSSR count). The quantitative estimate of drug-likeness (QED) is 0.592. The Hall–Kier alpha value is -1.36. The highest BCUT2D eigenvalue weighted by Crippen LogP contribution is 2.70. The molecule has 0 aromatic rings. The number of halogens is 12. The van der Waals surface area contributed by atoms with Crippen LogP contribution in [0.15, 0.2) is 23.1 Å². The fourth-order valence-electron chi connectivity index (χ4n) is 1.60. The van der Waals surface area contributed by atoms with E-state index in [-0.39, 0.29) is 0 Å². The van der Waals surface area contributed by atoms with Gasteiger partial charge in [0.15, 0.2) is 0 Å². The molecule has 0 saturated heterocycles. The number of hydrogen-bond donors (Lipinski definition) is 0. The van der Waals surface area contributed by atoms with Crippen LogP contribution in [0.3, 0.4) is 0 Å². The predicted molar refractivity (Wildman–Crippen MR) is 38.0 cm³/mol. The lowest BCUT2D eigenvalue weighted by Crippen LogP contribution is -2.59. The van der Waals surface area contributed by atoms with E-state index in [1.807, 2.05) is 0 Å². The lowest BCUT2D eigenvalue weighted by molar-refractivity contribution is -0.409. The molecule has 0 saturated carbocycles. The van der Waals surface area contributed by atoms with Crippen molar-refractivity contribution >= 4 is 0 Å². The molecule has 0 atom stereocenters. The van der Waals surface area contributed by atoms with Crippen LogP contribution in [0.2, 0.25) is 0 Å².